The predicted molar refractivity (Wildman–Crippen MR) is 131 cm³/mol. The fourth-order valence-corrected chi connectivity index (χ4v) is 4.45. The molecule has 6 heteroatoms. The van der Waals surface area contributed by atoms with E-state index < -0.39 is 0 Å². The lowest BCUT2D eigenvalue weighted by atomic mass is 10.0. The number of hydrogen-bond donors (Lipinski definition) is 1. The van der Waals surface area contributed by atoms with Gasteiger partial charge in [0.1, 0.15) is 5.75 Å². The lowest BCUT2D eigenvalue weighted by Gasteiger charge is -2.34. The average Bonchev–Trinajstić information content (AvgIpc) is 2.76. The lowest BCUT2D eigenvalue weighted by Crippen LogP contribution is -2.40. The topological polar surface area (TPSA) is 44.8 Å². The van der Waals surface area contributed by atoms with Crippen molar-refractivity contribution >= 4 is 27.6 Å². The highest BCUT2D eigenvalue weighted by atomic mass is 79.9. The molecule has 1 aliphatic heterocycles. The number of ether oxygens (including phenoxy) is 1. The number of nitrogens with one attached hydrogen (secondary N) is 1. The molecule has 1 heterocycles. The summed E-state index contributed by atoms with van der Waals surface area (Å²) in [5, 5.41) is 3.05. The molecule has 0 saturated carbocycles. The summed E-state index contributed by atoms with van der Waals surface area (Å²) in [6, 6.07) is 16.3. The molecule has 31 heavy (non-hydrogen) atoms. The van der Waals surface area contributed by atoms with Gasteiger partial charge in [-0.2, -0.15) is 0 Å². The van der Waals surface area contributed by atoms with Crippen LogP contribution < -0.4 is 10.1 Å². The van der Waals surface area contributed by atoms with Crippen LogP contribution in [0.1, 0.15) is 45.1 Å². The minimum absolute atomic E-state index is 0.0707. The first-order valence-electron chi connectivity index (χ1n) is 11.3. The van der Waals surface area contributed by atoms with Gasteiger partial charge in [0.15, 0.2) is 0 Å². The van der Waals surface area contributed by atoms with Crippen LogP contribution in [0.25, 0.3) is 0 Å². The molecule has 1 N–H and O–H groups in total. The number of rotatable bonds is 9. The molecule has 1 aliphatic rings. The molecule has 1 saturated heterocycles. The number of amides is 2. The zero-order chi connectivity index (χ0) is 22.1. The van der Waals surface area contributed by atoms with Gasteiger partial charge in [0.05, 0.1) is 6.61 Å². The molecule has 0 aliphatic carbocycles. The summed E-state index contributed by atoms with van der Waals surface area (Å²) in [6.45, 7) is 8.44. The number of halogens is 1. The molecule has 2 amide bonds. The second kappa shape index (κ2) is 12.1. The van der Waals surface area contributed by atoms with Crippen LogP contribution in [-0.2, 0) is 6.54 Å². The normalized spacial score (nSPS) is 16.7. The Labute approximate surface area is 194 Å². The average molecular weight is 488 g/mol. The van der Waals surface area contributed by atoms with Crippen molar-refractivity contribution in [3.05, 3.63) is 58.6 Å². The first-order chi connectivity index (χ1) is 15.0. The molecular weight excluding hydrogens is 454 g/mol. The SMILES string of the molecule is CCOc1ccc(CN(CCCN2CCCCC2C)C(=O)Nc2cccc(Br)c2)cc1. The monoisotopic (exact) mass is 487 g/mol. The van der Waals surface area contributed by atoms with Crippen molar-refractivity contribution in [1.82, 2.24) is 9.80 Å². The predicted octanol–water partition coefficient (Wildman–Crippen LogP) is 6.15. The fourth-order valence-electron chi connectivity index (χ4n) is 4.05. The van der Waals surface area contributed by atoms with E-state index in [1.54, 1.807) is 0 Å². The van der Waals surface area contributed by atoms with E-state index in [-0.39, 0.29) is 6.03 Å². The van der Waals surface area contributed by atoms with Gasteiger partial charge < -0.3 is 19.9 Å². The molecule has 0 aromatic heterocycles. The highest BCUT2D eigenvalue weighted by Crippen LogP contribution is 2.19. The summed E-state index contributed by atoms with van der Waals surface area (Å²) in [7, 11) is 0. The van der Waals surface area contributed by atoms with Gasteiger partial charge >= 0.3 is 6.03 Å². The molecule has 1 unspecified atom stereocenters. The Morgan fingerprint density at radius 1 is 1.23 bits per heavy atom. The highest BCUT2D eigenvalue weighted by Gasteiger charge is 2.19. The maximum atomic E-state index is 13.1. The lowest BCUT2D eigenvalue weighted by molar-refractivity contribution is 0.150. The zero-order valence-electron chi connectivity index (χ0n) is 18.6. The molecule has 168 valence electrons. The molecule has 1 fully saturated rings. The molecular formula is C25H34BrN3O2. The Balaban J connectivity index is 1.63. The van der Waals surface area contributed by atoms with Crippen LogP contribution in [0.4, 0.5) is 10.5 Å². The standard InChI is InChI=1S/C25H34BrN3O2/c1-3-31-24-13-11-21(12-14-24)19-29(17-7-16-28-15-5-4-8-20(28)2)25(30)27-23-10-6-9-22(26)18-23/h6,9-14,18,20H,3-5,7-8,15-17,19H2,1-2H3,(H,27,30). The summed E-state index contributed by atoms with van der Waals surface area (Å²) in [4.78, 5) is 17.6. The Bertz CT molecular complexity index is 828. The van der Waals surface area contributed by atoms with Crippen LogP contribution in [0.2, 0.25) is 0 Å². The largest absolute Gasteiger partial charge is 0.494 e. The number of anilines is 1. The van der Waals surface area contributed by atoms with Gasteiger partial charge in [-0.05, 0) is 75.5 Å². The van der Waals surface area contributed by atoms with Crippen molar-refractivity contribution < 1.29 is 9.53 Å². The molecule has 2 aromatic rings. The molecule has 1 atom stereocenters. The highest BCUT2D eigenvalue weighted by molar-refractivity contribution is 9.10. The van der Waals surface area contributed by atoms with Gasteiger partial charge in [-0.3, -0.25) is 0 Å². The summed E-state index contributed by atoms with van der Waals surface area (Å²) < 4.78 is 6.49. The van der Waals surface area contributed by atoms with Crippen molar-refractivity contribution in [2.45, 2.75) is 52.1 Å². The number of carbonyl (C=O) groups is 1. The van der Waals surface area contributed by atoms with Gasteiger partial charge in [0.25, 0.3) is 0 Å². The molecule has 0 spiro atoms. The van der Waals surface area contributed by atoms with Gasteiger partial charge in [-0.1, -0.05) is 40.5 Å². The number of benzene rings is 2. The number of nitrogens with zero attached hydrogens (tertiary/aromatic N) is 2. The van der Waals surface area contributed by atoms with E-state index in [0.29, 0.717) is 19.2 Å². The Kier molecular flexibility index (Phi) is 9.22. The summed E-state index contributed by atoms with van der Waals surface area (Å²) in [5.41, 5.74) is 1.89. The van der Waals surface area contributed by atoms with Gasteiger partial charge in [-0.15, -0.1) is 0 Å². The van der Waals surface area contributed by atoms with E-state index in [1.165, 1.54) is 25.8 Å². The van der Waals surface area contributed by atoms with Crippen molar-refractivity contribution in [1.29, 1.82) is 0 Å². The van der Waals surface area contributed by atoms with Crippen LogP contribution >= 0.6 is 15.9 Å². The number of carbonyl (C=O) groups excluding carboxylic acids is 1. The van der Waals surface area contributed by atoms with Crippen LogP contribution in [0.3, 0.4) is 0 Å². The minimum atomic E-state index is -0.0707. The van der Waals surface area contributed by atoms with Crippen LogP contribution in [0.15, 0.2) is 53.0 Å². The third kappa shape index (κ3) is 7.54. The van der Waals surface area contributed by atoms with Gasteiger partial charge in [0, 0.05) is 35.8 Å². The molecule has 0 radical (unpaired) electrons. The Morgan fingerprint density at radius 3 is 2.74 bits per heavy atom. The third-order valence-corrected chi connectivity index (χ3v) is 6.28. The van der Waals surface area contributed by atoms with Gasteiger partial charge in [-0.25, -0.2) is 4.79 Å². The van der Waals surface area contributed by atoms with E-state index >= 15 is 0 Å². The second-order valence-electron chi connectivity index (χ2n) is 8.17. The van der Waals surface area contributed by atoms with Crippen molar-refractivity contribution in [3.63, 3.8) is 0 Å². The van der Waals surface area contributed by atoms with E-state index in [2.05, 4.69) is 33.1 Å². The number of hydrogen-bond acceptors (Lipinski definition) is 3. The maximum absolute atomic E-state index is 13.1. The van der Waals surface area contributed by atoms with E-state index in [1.807, 2.05) is 60.4 Å². The molecule has 5 nitrogen and oxygen atoms in total. The third-order valence-electron chi connectivity index (χ3n) is 5.78. The van der Waals surface area contributed by atoms with E-state index in [0.717, 1.165) is 41.0 Å². The summed E-state index contributed by atoms with van der Waals surface area (Å²) >= 11 is 3.47. The number of piperidine rings is 1. The first-order valence-corrected chi connectivity index (χ1v) is 12.1. The van der Waals surface area contributed by atoms with E-state index in [4.69, 9.17) is 4.74 Å². The zero-order valence-corrected chi connectivity index (χ0v) is 20.2. The first kappa shape index (κ1) is 23.6. The van der Waals surface area contributed by atoms with Crippen molar-refractivity contribution in [2.24, 2.45) is 0 Å². The summed E-state index contributed by atoms with van der Waals surface area (Å²) in [6.07, 6.45) is 4.85. The van der Waals surface area contributed by atoms with Crippen molar-refractivity contribution in [2.75, 3.05) is 31.6 Å². The van der Waals surface area contributed by atoms with Crippen molar-refractivity contribution in [3.8, 4) is 5.75 Å². The van der Waals surface area contributed by atoms with Crippen LogP contribution in [0.5, 0.6) is 5.75 Å². The minimum Gasteiger partial charge on any atom is -0.494 e. The Morgan fingerprint density at radius 2 is 2.03 bits per heavy atom. The number of likely N-dealkylation sites (tertiary alicyclic amines) is 1. The van der Waals surface area contributed by atoms with Crippen LogP contribution in [-0.4, -0.2) is 48.1 Å². The smallest absolute Gasteiger partial charge is 0.322 e. The number of urea groups is 1. The maximum Gasteiger partial charge on any atom is 0.322 e. The van der Waals surface area contributed by atoms with Crippen LogP contribution in [0, 0.1) is 0 Å². The second-order valence-corrected chi connectivity index (χ2v) is 9.09. The van der Waals surface area contributed by atoms with E-state index in [9.17, 15) is 4.79 Å². The molecule has 3 rings (SSSR count). The fraction of sp³-hybridized carbons (Fsp3) is 0.480. The summed E-state index contributed by atoms with van der Waals surface area (Å²) in [5.74, 6) is 0.857. The molecule has 0 bridgehead atoms. The van der Waals surface area contributed by atoms with Gasteiger partial charge in [0.2, 0.25) is 0 Å². The molecule has 2 aromatic carbocycles. The Hall–Kier alpha value is -2.05. The quantitative estimate of drug-likeness (QED) is 0.461.